The summed E-state index contributed by atoms with van der Waals surface area (Å²) in [4.78, 5) is 4.40. The van der Waals surface area contributed by atoms with Gasteiger partial charge in [-0.15, -0.1) is 0 Å². The number of aryl methyl sites for hydroxylation is 2. The molecule has 0 bridgehead atoms. The van der Waals surface area contributed by atoms with Crippen LogP contribution in [0.1, 0.15) is 26.0 Å². The lowest BCUT2D eigenvalue weighted by molar-refractivity contribution is 0.622. The summed E-state index contributed by atoms with van der Waals surface area (Å²) < 4.78 is 13.4. The van der Waals surface area contributed by atoms with Crippen molar-refractivity contribution in [2.24, 2.45) is 0 Å². The van der Waals surface area contributed by atoms with E-state index in [0.717, 1.165) is 31.2 Å². The SMILES string of the molecule is CCNc1nc(C)cn1CCC(C)S(C)=O. The molecule has 2 atom stereocenters. The van der Waals surface area contributed by atoms with Crippen molar-refractivity contribution in [2.75, 3.05) is 18.1 Å². The average molecular weight is 243 g/mol. The summed E-state index contributed by atoms with van der Waals surface area (Å²) in [5.41, 5.74) is 1.02. The molecule has 1 rings (SSSR count). The fraction of sp³-hybridized carbons (Fsp3) is 0.727. The van der Waals surface area contributed by atoms with Crippen LogP contribution < -0.4 is 5.32 Å². The van der Waals surface area contributed by atoms with Gasteiger partial charge in [0.2, 0.25) is 5.95 Å². The van der Waals surface area contributed by atoms with Gasteiger partial charge in [-0.05, 0) is 20.3 Å². The molecule has 1 aromatic rings. The van der Waals surface area contributed by atoms with Gasteiger partial charge in [0.1, 0.15) is 0 Å². The highest BCUT2D eigenvalue weighted by molar-refractivity contribution is 7.84. The van der Waals surface area contributed by atoms with E-state index in [0.29, 0.717) is 0 Å². The summed E-state index contributed by atoms with van der Waals surface area (Å²) in [6, 6.07) is 0. The normalized spacial score (nSPS) is 14.8. The molecule has 0 aliphatic heterocycles. The quantitative estimate of drug-likeness (QED) is 0.828. The maximum absolute atomic E-state index is 11.3. The minimum Gasteiger partial charge on any atom is -0.356 e. The Morgan fingerprint density at radius 3 is 2.88 bits per heavy atom. The number of aromatic nitrogens is 2. The van der Waals surface area contributed by atoms with E-state index >= 15 is 0 Å². The maximum atomic E-state index is 11.3. The third kappa shape index (κ3) is 3.63. The number of hydrogen-bond donors (Lipinski definition) is 1. The van der Waals surface area contributed by atoms with E-state index < -0.39 is 10.8 Å². The van der Waals surface area contributed by atoms with Crippen LogP contribution in [0.2, 0.25) is 0 Å². The Bertz CT molecular complexity index is 362. The van der Waals surface area contributed by atoms with Crippen molar-refractivity contribution in [2.45, 2.75) is 39.0 Å². The first-order valence-corrected chi connectivity index (χ1v) is 7.26. The predicted octanol–water partition coefficient (Wildman–Crippen LogP) is 1.78. The van der Waals surface area contributed by atoms with E-state index in [1.165, 1.54) is 0 Å². The van der Waals surface area contributed by atoms with Crippen molar-refractivity contribution in [3.8, 4) is 0 Å². The van der Waals surface area contributed by atoms with Crippen LogP contribution in [0.4, 0.5) is 5.95 Å². The predicted molar refractivity (Wildman–Crippen MR) is 69.3 cm³/mol. The van der Waals surface area contributed by atoms with Crippen molar-refractivity contribution in [1.29, 1.82) is 0 Å². The third-order valence-electron chi connectivity index (χ3n) is 2.58. The molecule has 0 fully saturated rings. The molecule has 5 heteroatoms. The van der Waals surface area contributed by atoms with Crippen LogP contribution in [0.15, 0.2) is 6.20 Å². The number of nitrogens with zero attached hydrogens (tertiary/aromatic N) is 2. The molecule has 1 aromatic heterocycles. The molecule has 0 aromatic carbocycles. The van der Waals surface area contributed by atoms with Crippen molar-refractivity contribution < 1.29 is 4.21 Å². The lowest BCUT2D eigenvalue weighted by Gasteiger charge is -2.11. The van der Waals surface area contributed by atoms with Gasteiger partial charge >= 0.3 is 0 Å². The van der Waals surface area contributed by atoms with Crippen molar-refractivity contribution >= 4 is 16.7 Å². The molecule has 92 valence electrons. The Morgan fingerprint density at radius 2 is 2.31 bits per heavy atom. The van der Waals surface area contributed by atoms with Crippen LogP contribution in [0.25, 0.3) is 0 Å². The molecule has 0 aliphatic carbocycles. The second-order valence-corrected chi connectivity index (χ2v) is 5.83. The lowest BCUT2D eigenvalue weighted by atomic mass is 10.3. The molecule has 0 aliphatic rings. The molecule has 0 amide bonds. The summed E-state index contributed by atoms with van der Waals surface area (Å²) >= 11 is 0. The molecule has 1 heterocycles. The Hall–Kier alpha value is -0.840. The second kappa shape index (κ2) is 6.03. The molecule has 0 saturated heterocycles. The first-order chi connectivity index (χ1) is 7.54. The van der Waals surface area contributed by atoms with E-state index in [9.17, 15) is 4.21 Å². The largest absolute Gasteiger partial charge is 0.356 e. The fourth-order valence-corrected chi connectivity index (χ4v) is 1.94. The Balaban J connectivity index is 2.62. The fourth-order valence-electron chi connectivity index (χ4n) is 1.50. The number of anilines is 1. The zero-order valence-corrected chi connectivity index (χ0v) is 11.3. The van der Waals surface area contributed by atoms with Gasteiger partial charge in [0.15, 0.2) is 0 Å². The van der Waals surface area contributed by atoms with Crippen molar-refractivity contribution in [1.82, 2.24) is 9.55 Å². The van der Waals surface area contributed by atoms with Crippen molar-refractivity contribution in [3.05, 3.63) is 11.9 Å². The summed E-state index contributed by atoms with van der Waals surface area (Å²) in [6.45, 7) is 7.79. The van der Waals surface area contributed by atoms with Gasteiger partial charge < -0.3 is 9.88 Å². The van der Waals surface area contributed by atoms with E-state index in [-0.39, 0.29) is 5.25 Å². The molecular formula is C11H21N3OS. The Labute approximate surface area is 99.9 Å². The monoisotopic (exact) mass is 243 g/mol. The van der Waals surface area contributed by atoms with E-state index in [2.05, 4.69) is 21.8 Å². The number of nitrogens with one attached hydrogen (secondary N) is 1. The van der Waals surface area contributed by atoms with Gasteiger partial charge in [0, 0.05) is 41.6 Å². The lowest BCUT2D eigenvalue weighted by Crippen LogP contribution is -2.14. The number of rotatable bonds is 6. The van der Waals surface area contributed by atoms with Gasteiger partial charge in [0.25, 0.3) is 0 Å². The second-order valence-electron chi connectivity index (χ2n) is 4.03. The van der Waals surface area contributed by atoms with Gasteiger partial charge in [-0.1, -0.05) is 6.92 Å². The third-order valence-corrected chi connectivity index (χ3v) is 3.94. The topological polar surface area (TPSA) is 46.9 Å². The van der Waals surface area contributed by atoms with Crippen LogP contribution in [-0.2, 0) is 17.3 Å². The van der Waals surface area contributed by atoms with Gasteiger partial charge in [-0.25, -0.2) is 4.98 Å². The van der Waals surface area contributed by atoms with Gasteiger partial charge in [-0.3, -0.25) is 4.21 Å². The molecule has 1 N–H and O–H groups in total. The average Bonchev–Trinajstić information content (AvgIpc) is 2.56. The molecule has 4 nitrogen and oxygen atoms in total. The zero-order valence-electron chi connectivity index (χ0n) is 10.5. The number of imidazole rings is 1. The standard InChI is InChI=1S/C11H21N3OS/c1-5-12-11-13-9(2)8-14(11)7-6-10(3)16(4)15/h8,10H,5-7H2,1-4H3,(H,12,13). The summed E-state index contributed by atoms with van der Waals surface area (Å²) in [5.74, 6) is 0.911. The van der Waals surface area contributed by atoms with E-state index in [1.807, 2.05) is 20.0 Å². The minimum atomic E-state index is -0.742. The molecule has 2 unspecified atom stereocenters. The van der Waals surface area contributed by atoms with Crippen LogP contribution in [0.5, 0.6) is 0 Å². The summed E-state index contributed by atoms with van der Waals surface area (Å²) in [7, 11) is -0.742. The smallest absolute Gasteiger partial charge is 0.203 e. The molecular weight excluding hydrogens is 222 g/mol. The van der Waals surface area contributed by atoms with E-state index in [4.69, 9.17) is 0 Å². The Kier molecular flexibility index (Phi) is 4.99. The minimum absolute atomic E-state index is 0.234. The van der Waals surface area contributed by atoms with Gasteiger partial charge in [-0.2, -0.15) is 0 Å². The Morgan fingerprint density at radius 1 is 1.62 bits per heavy atom. The van der Waals surface area contributed by atoms with Gasteiger partial charge in [0.05, 0.1) is 5.69 Å². The van der Waals surface area contributed by atoms with E-state index in [1.54, 1.807) is 6.26 Å². The highest BCUT2D eigenvalue weighted by Gasteiger charge is 2.09. The first kappa shape index (κ1) is 13.2. The van der Waals surface area contributed by atoms with Crippen LogP contribution >= 0.6 is 0 Å². The molecule has 16 heavy (non-hydrogen) atoms. The zero-order chi connectivity index (χ0) is 12.1. The number of hydrogen-bond acceptors (Lipinski definition) is 3. The molecule has 0 spiro atoms. The summed E-state index contributed by atoms with van der Waals surface area (Å²) in [5, 5.41) is 3.46. The molecule has 0 radical (unpaired) electrons. The molecule has 0 saturated carbocycles. The van der Waals surface area contributed by atoms with Crippen LogP contribution in [-0.4, -0.2) is 31.8 Å². The van der Waals surface area contributed by atoms with Crippen LogP contribution in [0.3, 0.4) is 0 Å². The highest BCUT2D eigenvalue weighted by atomic mass is 32.2. The maximum Gasteiger partial charge on any atom is 0.203 e. The summed E-state index contributed by atoms with van der Waals surface area (Å²) in [6.07, 6.45) is 4.70. The first-order valence-electron chi connectivity index (χ1n) is 5.64. The van der Waals surface area contributed by atoms with Crippen molar-refractivity contribution in [3.63, 3.8) is 0 Å². The highest BCUT2D eigenvalue weighted by Crippen LogP contribution is 2.11. The van der Waals surface area contributed by atoms with Crippen LogP contribution in [0, 0.1) is 6.92 Å².